The van der Waals surface area contributed by atoms with Gasteiger partial charge in [0.05, 0.1) is 18.3 Å². The van der Waals surface area contributed by atoms with Gasteiger partial charge in [0.25, 0.3) is 5.91 Å². The van der Waals surface area contributed by atoms with Crippen LogP contribution in [0.2, 0.25) is 0 Å². The first-order valence-corrected chi connectivity index (χ1v) is 6.19. The monoisotopic (exact) mass is 342 g/mol. The van der Waals surface area contributed by atoms with E-state index in [1.54, 1.807) is 12.3 Å². The molecule has 0 saturated heterocycles. The summed E-state index contributed by atoms with van der Waals surface area (Å²) < 4.78 is 6.19. The highest BCUT2D eigenvalue weighted by Gasteiger charge is 2.09. The van der Waals surface area contributed by atoms with Crippen molar-refractivity contribution in [2.45, 2.75) is 13.5 Å². The summed E-state index contributed by atoms with van der Waals surface area (Å²) in [5.41, 5.74) is 0.663. The van der Waals surface area contributed by atoms with Gasteiger partial charge in [-0.3, -0.25) is 4.79 Å². The minimum Gasteiger partial charge on any atom is -0.444 e. The number of rotatable bonds is 3. The highest BCUT2D eigenvalue weighted by Crippen LogP contribution is 2.11. The number of amides is 1. The predicted molar refractivity (Wildman–Crippen MR) is 71.6 cm³/mol. The van der Waals surface area contributed by atoms with E-state index in [2.05, 4.69) is 32.9 Å². The number of carbonyl (C=O) groups excluding carboxylic acids is 1. The normalized spacial score (nSPS) is 10.2. The minimum absolute atomic E-state index is 0.120. The first-order chi connectivity index (χ1) is 8.16. The third-order valence-corrected chi connectivity index (χ3v) is 3.13. The second kappa shape index (κ2) is 5.31. The molecule has 0 unspecified atom stereocenters. The van der Waals surface area contributed by atoms with Gasteiger partial charge in [-0.1, -0.05) is 12.1 Å². The van der Waals surface area contributed by atoms with Crippen molar-refractivity contribution in [1.82, 2.24) is 10.3 Å². The fraction of sp³-hybridized carbons (Fsp3) is 0.167. The third-order valence-electron chi connectivity index (χ3n) is 2.19. The van der Waals surface area contributed by atoms with Crippen LogP contribution in [0.1, 0.15) is 22.0 Å². The lowest BCUT2D eigenvalue weighted by Crippen LogP contribution is -2.23. The van der Waals surface area contributed by atoms with Crippen molar-refractivity contribution in [3.05, 3.63) is 51.2 Å². The quantitative estimate of drug-likeness (QED) is 0.872. The standard InChI is InChI=1S/C12H11IN2O2/c1-8-6-14-11(17-8)7-15-12(16)9-4-2-3-5-10(9)13/h2-6H,7H2,1H3,(H,15,16). The Balaban J connectivity index is 2.01. The lowest BCUT2D eigenvalue weighted by molar-refractivity contribution is 0.0946. The van der Waals surface area contributed by atoms with E-state index in [1.807, 2.05) is 25.1 Å². The average Bonchev–Trinajstić information content (AvgIpc) is 2.73. The average molecular weight is 342 g/mol. The van der Waals surface area contributed by atoms with Gasteiger partial charge in [-0.05, 0) is 41.6 Å². The van der Waals surface area contributed by atoms with E-state index in [0.29, 0.717) is 18.0 Å². The molecule has 17 heavy (non-hydrogen) atoms. The Hall–Kier alpha value is -1.37. The summed E-state index contributed by atoms with van der Waals surface area (Å²) in [5.74, 6) is 1.14. The Morgan fingerprint density at radius 2 is 2.24 bits per heavy atom. The molecular formula is C12H11IN2O2. The molecule has 4 nitrogen and oxygen atoms in total. The number of benzene rings is 1. The van der Waals surface area contributed by atoms with Gasteiger partial charge in [-0.25, -0.2) is 4.98 Å². The molecule has 1 amide bonds. The van der Waals surface area contributed by atoms with Crippen molar-refractivity contribution < 1.29 is 9.21 Å². The van der Waals surface area contributed by atoms with Crippen LogP contribution in [0.4, 0.5) is 0 Å². The van der Waals surface area contributed by atoms with Crippen LogP contribution in [0, 0.1) is 10.5 Å². The van der Waals surface area contributed by atoms with Crippen molar-refractivity contribution in [1.29, 1.82) is 0 Å². The maximum atomic E-state index is 11.9. The van der Waals surface area contributed by atoms with E-state index in [4.69, 9.17) is 4.42 Å². The highest BCUT2D eigenvalue weighted by molar-refractivity contribution is 14.1. The largest absolute Gasteiger partial charge is 0.444 e. The zero-order valence-electron chi connectivity index (χ0n) is 9.24. The SMILES string of the molecule is Cc1cnc(CNC(=O)c2ccccc2I)o1. The van der Waals surface area contributed by atoms with Crippen molar-refractivity contribution in [3.8, 4) is 0 Å². The Morgan fingerprint density at radius 3 is 2.88 bits per heavy atom. The number of nitrogens with zero attached hydrogens (tertiary/aromatic N) is 1. The van der Waals surface area contributed by atoms with Crippen LogP contribution in [-0.2, 0) is 6.54 Å². The molecule has 0 radical (unpaired) electrons. The Morgan fingerprint density at radius 1 is 1.47 bits per heavy atom. The molecule has 0 atom stereocenters. The number of hydrogen-bond donors (Lipinski definition) is 1. The zero-order valence-corrected chi connectivity index (χ0v) is 11.4. The topological polar surface area (TPSA) is 55.1 Å². The summed E-state index contributed by atoms with van der Waals surface area (Å²) in [6.45, 7) is 2.12. The minimum atomic E-state index is -0.120. The molecule has 0 fully saturated rings. The van der Waals surface area contributed by atoms with Gasteiger partial charge < -0.3 is 9.73 Å². The number of carbonyl (C=O) groups is 1. The number of aryl methyl sites for hydroxylation is 1. The van der Waals surface area contributed by atoms with Crippen molar-refractivity contribution in [3.63, 3.8) is 0 Å². The van der Waals surface area contributed by atoms with E-state index in [0.717, 1.165) is 9.33 Å². The number of halogens is 1. The third kappa shape index (κ3) is 3.06. The van der Waals surface area contributed by atoms with Crippen LogP contribution in [0.3, 0.4) is 0 Å². The first-order valence-electron chi connectivity index (χ1n) is 5.11. The van der Waals surface area contributed by atoms with Gasteiger partial charge in [0.1, 0.15) is 5.76 Å². The molecule has 0 aliphatic heterocycles. The van der Waals surface area contributed by atoms with Crippen LogP contribution in [-0.4, -0.2) is 10.9 Å². The molecule has 1 aromatic heterocycles. The Kier molecular flexibility index (Phi) is 3.78. The van der Waals surface area contributed by atoms with Crippen LogP contribution in [0.25, 0.3) is 0 Å². The molecule has 5 heteroatoms. The zero-order chi connectivity index (χ0) is 12.3. The van der Waals surface area contributed by atoms with E-state index in [1.165, 1.54) is 0 Å². The van der Waals surface area contributed by atoms with E-state index < -0.39 is 0 Å². The Labute approximate surface area is 113 Å². The van der Waals surface area contributed by atoms with Gasteiger partial charge in [0, 0.05) is 3.57 Å². The fourth-order valence-electron chi connectivity index (χ4n) is 1.38. The van der Waals surface area contributed by atoms with E-state index in [9.17, 15) is 4.79 Å². The van der Waals surface area contributed by atoms with Crippen LogP contribution in [0.5, 0.6) is 0 Å². The molecule has 1 N–H and O–H groups in total. The molecule has 1 aromatic carbocycles. The van der Waals surface area contributed by atoms with Crippen molar-refractivity contribution in [2.24, 2.45) is 0 Å². The lowest BCUT2D eigenvalue weighted by Gasteiger charge is -2.04. The lowest BCUT2D eigenvalue weighted by atomic mass is 10.2. The number of hydrogen-bond acceptors (Lipinski definition) is 3. The maximum absolute atomic E-state index is 11.9. The van der Waals surface area contributed by atoms with E-state index >= 15 is 0 Å². The molecule has 0 aliphatic rings. The van der Waals surface area contributed by atoms with E-state index in [-0.39, 0.29) is 5.91 Å². The van der Waals surface area contributed by atoms with Crippen LogP contribution >= 0.6 is 22.6 Å². The molecule has 0 bridgehead atoms. The summed E-state index contributed by atoms with van der Waals surface area (Å²) in [6, 6.07) is 7.42. The van der Waals surface area contributed by atoms with Gasteiger partial charge in [0.2, 0.25) is 5.89 Å². The maximum Gasteiger partial charge on any atom is 0.252 e. The summed E-state index contributed by atoms with van der Waals surface area (Å²) in [7, 11) is 0. The highest BCUT2D eigenvalue weighted by atomic mass is 127. The van der Waals surface area contributed by atoms with Crippen LogP contribution < -0.4 is 5.32 Å². The second-order valence-electron chi connectivity index (χ2n) is 3.53. The molecule has 1 heterocycles. The second-order valence-corrected chi connectivity index (χ2v) is 4.69. The van der Waals surface area contributed by atoms with Gasteiger partial charge in [-0.2, -0.15) is 0 Å². The van der Waals surface area contributed by atoms with Crippen molar-refractivity contribution >= 4 is 28.5 Å². The molecule has 2 rings (SSSR count). The summed E-state index contributed by atoms with van der Waals surface area (Å²) >= 11 is 2.13. The Bertz CT molecular complexity index is 537. The van der Waals surface area contributed by atoms with Gasteiger partial charge in [-0.15, -0.1) is 0 Å². The number of oxazole rings is 1. The molecular weight excluding hydrogens is 331 g/mol. The number of aromatic nitrogens is 1. The summed E-state index contributed by atoms with van der Waals surface area (Å²) in [6.07, 6.45) is 1.63. The predicted octanol–water partition coefficient (Wildman–Crippen LogP) is 2.52. The fourth-order valence-corrected chi connectivity index (χ4v) is 2.01. The molecule has 2 aromatic rings. The van der Waals surface area contributed by atoms with Crippen LogP contribution in [0.15, 0.2) is 34.9 Å². The van der Waals surface area contributed by atoms with Gasteiger partial charge >= 0.3 is 0 Å². The first kappa shape index (κ1) is 12.1. The van der Waals surface area contributed by atoms with Gasteiger partial charge in [0.15, 0.2) is 0 Å². The summed E-state index contributed by atoms with van der Waals surface area (Å²) in [4.78, 5) is 15.9. The smallest absolute Gasteiger partial charge is 0.252 e. The molecule has 88 valence electrons. The molecule has 0 saturated carbocycles. The van der Waals surface area contributed by atoms with Crippen molar-refractivity contribution in [2.75, 3.05) is 0 Å². The molecule has 0 aliphatic carbocycles. The summed E-state index contributed by atoms with van der Waals surface area (Å²) in [5, 5.41) is 2.77. The molecule has 0 spiro atoms. The number of nitrogens with one attached hydrogen (secondary N) is 1.